The van der Waals surface area contributed by atoms with Crippen molar-refractivity contribution in [2.75, 3.05) is 6.61 Å². The van der Waals surface area contributed by atoms with E-state index in [1.165, 1.54) is 6.42 Å². The fourth-order valence-electron chi connectivity index (χ4n) is 1.04. The van der Waals surface area contributed by atoms with Gasteiger partial charge >= 0.3 is 0 Å². The molecule has 1 saturated heterocycles. The van der Waals surface area contributed by atoms with Crippen LogP contribution < -0.4 is 0 Å². The van der Waals surface area contributed by atoms with Crippen molar-refractivity contribution in [1.29, 1.82) is 0 Å². The number of hydrogen-bond donors (Lipinski definition) is 0. The molecule has 0 amide bonds. The van der Waals surface area contributed by atoms with E-state index in [-0.39, 0.29) is 0 Å². The second-order valence-corrected chi connectivity index (χ2v) is 2.63. The monoisotopic (exact) mass is 138 g/mol. The van der Waals surface area contributed by atoms with Crippen LogP contribution in [0, 0.1) is 5.92 Å². The summed E-state index contributed by atoms with van der Waals surface area (Å²) in [4.78, 5) is 0. The fraction of sp³-hybridized carbons (Fsp3) is 0.556. The molecule has 1 atom stereocenters. The van der Waals surface area contributed by atoms with Crippen LogP contribution in [0.5, 0.6) is 0 Å². The fourth-order valence-corrected chi connectivity index (χ4v) is 1.04. The summed E-state index contributed by atoms with van der Waals surface area (Å²) in [6, 6.07) is 0. The molecule has 0 aliphatic carbocycles. The quantitative estimate of drug-likeness (QED) is 0.541. The van der Waals surface area contributed by atoms with Gasteiger partial charge in [0.15, 0.2) is 0 Å². The first-order valence-corrected chi connectivity index (χ1v) is 3.80. The van der Waals surface area contributed by atoms with Crippen molar-refractivity contribution in [1.82, 2.24) is 0 Å². The van der Waals surface area contributed by atoms with Crippen molar-refractivity contribution < 1.29 is 4.74 Å². The minimum atomic E-state index is 0.621. The Bertz CT molecular complexity index is 156. The molecule has 0 N–H and O–H groups in total. The summed E-state index contributed by atoms with van der Waals surface area (Å²) in [6.07, 6.45) is 7.26. The van der Waals surface area contributed by atoms with Crippen LogP contribution in [-0.4, -0.2) is 6.61 Å². The van der Waals surface area contributed by atoms with E-state index in [1.807, 2.05) is 19.1 Å². The lowest BCUT2D eigenvalue weighted by molar-refractivity contribution is 0.260. The summed E-state index contributed by atoms with van der Waals surface area (Å²) in [5.41, 5.74) is 0. The van der Waals surface area contributed by atoms with Crippen LogP contribution in [0.2, 0.25) is 0 Å². The zero-order valence-corrected chi connectivity index (χ0v) is 6.63. The first kappa shape index (κ1) is 7.39. The maximum absolute atomic E-state index is 5.38. The molecule has 0 aromatic carbocycles. The Morgan fingerprint density at radius 2 is 2.40 bits per heavy atom. The van der Waals surface area contributed by atoms with Gasteiger partial charge < -0.3 is 4.74 Å². The Hall–Kier alpha value is -0.720. The zero-order valence-electron chi connectivity index (χ0n) is 6.63. The highest BCUT2D eigenvalue weighted by molar-refractivity contribution is 5.10. The van der Waals surface area contributed by atoms with Crippen LogP contribution in [0.1, 0.15) is 20.3 Å². The highest BCUT2D eigenvalue weighted by Crippen LogP contribution is 2.23. The van der Waals surface area contributed by atoms with E-state index in [9.17, 15) is 0 Å². The van der Waals surface area contributed by atoms with Crippen LogP contribution in [0.15, 0.2) is 24.0 Å². The van der Waals surface area contributed by atoms with Gasteiger partial charge in [0.25, 0.3) is 0 Å². The van der Waals surface area contributed by atoms with Crippen molar-refractivity contribution in [3.8, 4) is 0 Å². The van der Waals surface area contributed by atoms with Gasteiger partial charge in [-0.3, -0.25) is 0 Å². The third kappa shape index (κ3) is 1.63. The Morgan fingerprint density at radius 1 is 1.60 bits per heavy atom. The van der Waals surface area contributed by atoms with Gasteiger partial charge in [-0.15, -0.1) is 0 Å². The summed E-state index contributed by atoms with van der Waals surface area (Å²) in [5, 5.41) is 0. The number of allylic oxidation sites excluding steroid dienone is 4. The van der Waals surface area contributed by atoms with Gasteiger partial charge in [0.05, 0.1) is 12.4 Å². The minimum Gasteiger partial charge on any atom is -0.498 e. The molecule has 1 heterocycles. The lowest BCUT2D eigenvalue weighted by Gasteiger charge is -1.99. The van der Waals surface area contributed by atoms with Gasteiger partial charge in [-0.05, 0) is 19.4 Å². The summed E-state index contributed by atoms with van der Waals surface area (Å²) in [7, 11) is 0. The minimum absolute atomic E-state index is 0.621. The maximum Gasteiger partial charge on any atom is 0.0988 e. The van der Waals surface area contributed by atoms with Gasteiger partial charge in [0.1, 0.15) is 0 Å². The second-order valence-electron chi connectivity index (χ2n) is 2.63. The third-order valence-electron chi connectivity index (χ3n) is 1.76. The second kappa shape index (κ2) is 3.45. The molecule has 56 valence electrons. The van der Waals surface area contributed by atoms with Crippen LogP contribution in [0.4, 0.5) is 0 Å². The summed E-state index contributed by atoms with van der Waals surface area (Å²) >= 11 is 0. The standard InChI is InChI=1S/C9H14O/c1-3-4-5-9-8(2)6-7-10-9/h3-5,8H,6-7H2,1-2H3/b4-3-,9-5+. The zero-order chi connectivity index (χ0) is 7.40. The van der Waals surface area contributed by atoms with Gasteiger partial charge in [0, 0.05) is 5.92 Å². The molecule has 1 heteroatoms. The maximum atomic E-state index is 5.38. The van der Waals surface area contributed by atoms with Gasteiger partial charge in [-0.2, -0.15) is 0 Å². The van der Waals surface area contributed by atoms with Gasteiger partial charge in [-0.25, -0.2) is 0 Å². The normalized spacial score (nSPS) is 29.8. The molecule has 1 nitrogen and oxygen atoms in total. The van der Waals surface area contributed by atoms with Crippen LogP contribution >= 0.6 is 0 Å². The molecule has 0 saturated carbocycles. The van der Waals surface area contributed by atoms with Crippen LogP contribution in [-0.2, 0) is 4.74 Å². The Kier molecular flexibility index (Phi) is 2.55. The van der Waals surface area contributed by atoms with E-state index in [4.69, 9.17) is 4.74 Å². The van der Waals surface area contributed by atoms with Crippen molar-refractivity contribution in [2.45, 2.75) is 20.3 Å². The van der Waals surface area contributed by atoms with Gasteiger partial charge in [0.2, 0.25) is 0 Å². The molecule has 1 aliphatic heterocycles. The van der Waals surface area contributed by atoms with E-state index in [2.05, 4.69) is 13.0 Å². The van der Waals surface area contributed by atoms with E-state index >= 15 is 0 Å². The largest absolute Gasteiger partial charge is 0.498 e. The van der Waals surface area contributed by atoms with E-state index in [1.54, 1.807) is 0 Å². The van der Waals surface area contributed by atoms with E-state index in [0.717, 1.165) is 12.4 Å². The van der Waals surface area contributed by atoms with E-state index < -0.39 is 0 Å². The molecule has 0 spiro atoms. The molecule has 1 aliphatic rings. The highest BCUT2D eigenvalue weighted by atomic mass is 16.5. The summed E-state index contributed by atoms with van der Waals surface area (Å²) in [5.74, 6) is 1.76. The molecule has 10 heavy (non-hydrogen) atoms. The molecule has 1 unspecified atom stereocenters. The Labute approximate surface area is 62.4 Å². The van der Waals surface area contributed by atoms with Crippen molar-refractivity contribution in [3.63, 3.8) is 0 Å². The topological polar surface area (TPSA) is 9.23 Å². The first-order valence-electron chi connectivity index (χ1n) is 3.80. The molecule has 0 aromatic heterocycles. The van der Waals surface area contributed by atoms with Crippen LogP contribution in [0.3, 0.4) is 0 Å². The predicted octanol–water partition coefficient (Wildman–Crippen LogP) is 2.50. The molecule has 1 fully saturated rings. The Morgan fingerprint density at radius 3 is 2.90 bits per heavy atom. The number of rotatable bonds is 1. The molecule has 0 aromatic rings. The summed E-state index contributed by atoms with van der Waals surface area (Å²) in [6.45, 7) is 5.10. The lowest BCUT2D eigenvalue weighted by atomic mass is 10.1. The van der Waals surface area contributed by atoms with Crippen molar-refractivity contribution in [3.05, 3.63) is 24.0 Å². The van der Waals surface area contributed by atoms with Crippen LogP contribution in [0.25, 0.3) is 0 Å². The number of hydrogen-bond acceptors (Lipinski definition) is 1. The third-order valence-corrected chi connectivity index (χ3v) is 1.76. The van der Waals surface area contributed by atoms with Crippen molar-refractivity contribution in [2.24, 2.45) is 5.92 Å². The molecule has 1 rings (SSSR count). The predicted molar refractivity (Wildman–Crippen MR) is 42.6 cm³/mol. The molecule has 0 bridgehead atoms. The van der Waals surface area contributed by atoms with Crippen molar-refractivity contribution >= 4 is 0 Å². The summed E-state index contributed by atoms with van der Waals surface area (Å²) < 4.78 is 5.38. The highest BCUT2D eigenvalue weighted by Gasteiger charge is 2.15. The molecular weight excluding hydrogens is 124 g/mol. The SMILES string of the molecule is C/C=C\C=C1\OCCC1C. The smallest absolute Gasteiger partial charge is 0.0988 e. The lowest BCUT2D eigenvalue weighted by Crippen LogP contribution is -1.87. The Balaban J connectivity index is 2.53. The average Bonchev–Trinajstić information content (AvgIpc) is 2.31. The van der Waals surface area contributed by atoms with E-state index in [0.29, 0.717) is 5.92 Å². The number of ether oxygens (including phenoxy) is 1. The molecule has 0 radical (unpaired) electrons. The molecular formula is C9H14O. The first-order chi connectivity index (χ1) is 4.84. The average molecular weight is 138 g/mol. The van der Waals surface area contributed by atoms with Gasteiger partial charge in [-0.1, -0.05) is 19.1 Å².